The van der Waals surface area contributed by atoms with Gasteiger partial charge in [-0.05, 0) is 31.6 Å². The maximum atomic E-state index is 14.0. The molecule has 0 amide bonds. The van der Waals surface area contributed by atoms with E-state index in [9.17, 15) is 22.0 Å². The molecule has 0 atom stereocenters. The van der Waals surface area contributed by atoms with Crippen molar-refractivity contribution in [1.82, 2.24) is 0 Å². The second-order valence-electron chi connectivity index (χ2n) is 5.49. The molecule has 1 saturated carbocycles. The zero-order chi connectivity index (χ0) is 15.6. The minimum absolute atomic E-state index is 0.303. The van der Waals surface area contributed by atoms with Crippen molar-refractivity contribution in [2.45, 2.75) is 45.1 Å². The predicted molar refractivity (Wildman–Crippen MR) is 67.6 cm³/mol. The Morgan fingerprint density at radius 1 is 1.05 bits per heavy atom. The molecule has 2 rings (SSSR count). The molecule has 1 aliphatic carbocycles. The Morgan fingerprint density at radius 3 is 2.05 bits per heavy atom. The standard InChI is InChI=1S/C15H17F5O/c1-2-9-3-5-10(6-4-9)15(19,20)21-11-7-12(16)14(18)13(17)8-11/h7-10H,2-6H2,1H3. The first-order valence-electron chi connectivity index (χ1n) is 7.04. The average Bonchev–Trinajstić information content (AvgIpc) is 2.44. The molecule has 0 N–H and O–H groups in total. The fourth-order valence-electron chi connectivity index (χ4n) is 2.74. The monoisotopic (exact) mass is 308 g/mol. The lowest BCUT2D eigenvalue weighted by molar-refractivity contribution is -0.223. The third-order valence-corrected chi connectivity index (χ3v) is 4.11. The van der Waals surface area contributed by atoms with Crippen LogP contribution in [-0.2, 0) is 0 Å². The summed E-state index contributed by atoms with van der Waals surface area (Å²) in [7, 11) is 0. The predicted octanol–water partition coefficient (Wildman–Crippen LogP) is 5.29. The lowest BCUT2D eigenvalue weighted by Crippen LogP contribution is -2.37. The Bertz CT molecular complexity index is 472. The van der Waals surface area contributed by atoms with Crippen molar-refractivity contribution in [3.63, 3.8) is 0 Å². The van der Waals surface area contributed by atoms with E-state index >= 15 is 0 Å². The summed E-state index contributed by atoms with van der Waals surface area (Å²) >= 11 is 0. The largest absolute Gasteiger partial charge is 0.432 e. The van der Waals surface area contributed by atoms with Crippen LogP contribution < -0.4 is 4.74 Å². The molecular weight excluding hydrogens is 291 g/mol. The molecule has 1 aliphatic rings. The molecule has 1 aromatic rings. The maximum absolute atomic E-state index is 14.0. The SMILES string of the molecule is CCC1CCC(C(F)(F)Oc2cc(F)c(F)c(F)c2)CC1. The smallest absolute Gasteiger partial charge is 0.400 e. The molecule has 0 aromatic heterocycles. The number of alkyl halides is 2. The number of benzene rings is 1. The molecule has 0 heterocycles. The van der Waals surface area contributed by atoms with Crippen molar-refractivity contribution in [3.05, 3.63) is 29.6 Å². The fraction of sp³-hybridized carbons (Fsp3) is 0.600. The van der Waals surface area contributed by atoms with Crippen molar-refractivity contribution < 1.29 is 26.7 Å². The van der Waals surface area contributed by atoms with Crippen LogP contribution in [-0.4, -0.2) is 6.11 Å². The summed E-state index contributed by atoms with van der Waals surface area (Å²) in [5, 5.41) is 0. The Morgan fingerprint density at radius 2 is 1.57 bits per heavy atom. The summed E-state index contributed by atoms with van der Waals surface area (Å²) in [5.41, 5.74) is 0. The summed E-state index contributed by atoms with van der Waals surface area (Å²) in [6.45, 7) is 2.02. The van der Waals surface area contributed by atoms with E-state index in [-0.39, 0.29) is 0 Å². The van der Waals surface area contributed by atoms with Gasteiger partial charge in [0.15, 0.2) is 17.5 Å². The molecular formula is C15H17F5O. The molecule has 0 spiro atoms. The van der Waals surface area contributed by atoms with Gasteiger partial charge < -0.3 is 4.74 Å². The molecule has 1 fully saturated rings. The van der Waals surface area contributed by atoms with Gasteiger partial charge in [0.1, 0.15) is 5.75 Å². The normalized spacial score (nSPS) is 23.1. The third kappa shape index (κ3) is 3.66. The minimum Gasteiger partial charge on any atom is -0.432 e. The van der Waals surface area contributed by atoms with Crippen LogP contribution in [0.4, 0.5) is 22.0 Å². The van der Waals surface area contributed by atoms with Gasteiger partial charge in [-0.25, -0.2) is 13.2 Å². The lowest BCUT2D eigenvalue weighted by Gasteiger charge is -2.32. The first-order valence-corrected chi connectivity index (χ1v) is 7.04. The van der Waals surface area contributed by atoms with Crippen LogP contribution in [0, 0.1) is 29.3 Å². The molecule has 0 aliphatic heterocycles. The van der Waals surface area contributed by atoms with Gasteiger partial charge in [-0.2, -0.15) is 8.78 Å². The molecule has 21 heavy (non-hydrogen) atoms. The molecule has 0 unspecified atom stereocenters. The lowest BCUT2D eigenvalue weighted by atomic mass is 9.80. The Balaban J connectivity index is 2.07. The van der Waals surface area contributed by atoms with Crippen molar-refractivity contribution in [3.8, 4) is 5.75 Å². The van der Waals surface area contributed by atoms with E-state index in [4.69, 9.17) is 0 Å². The topological polar surface area (TPSA) is 9.23 Å². The van der Waals surface area contributed by atoms with Gasteiger partial charge >= 0.3 is 6.11 Å². The van der Waals surface area contributed by atoms with Crippen LogP contribution in [0.3, 0.4) is 0 Å². The van der Waals surface area contributed by atoms with E-state index in [0.29, 0.717) is 43.7 Å². The van der Waals surface area contributed by atoms with Crippen LogP contribution in [0.1, 0.15) is 39.0 Å². The van der Waals surface area contributed by atoms with E-state index < -0.39 is 35.2 Å². The van der Waals surface area contributed by atoms with Crippen LogP contribution in [0.25, 0.3) is 0 Å². The zero-order valence-corrected chi connectivity index (χ0v) is 11.6. The van der Waals surface area contributed by atoms with Crippen molar-refractivity contribution >= 4 is 0 Å². The highest BCUT2D eigenvalue weighted by molar-refractivity contribution is 5.25. The summed E-state index contributed by atoms with van der Waals surface area (Å²) in [5.74, 6) is -6.04. The number of ether oxygens (including phenoxy) is 1. The van der Waals surface area contributed by atoms with Gasteiger partial charge in [-0.1, -0.05) is 13.3 Å². The van der Waals surface area contributed by atoms with E-state index in [2.05, 4.69) is 4.74 Å². The van der Waals surface area contributed by atoms with Crippen LogP contribution in [0.2, 0.25) is 0 Å². The molecule has 0 bridgehead atoms. The van der Waals surface area contributed by atoms with Crippen molar-refractivity contribution in [1.29, 1.82) is 0 Å². The summed E-state index contributed by atoms with van der Waals surface area (Å²) in [4.78, 5) is 0. The van der Waals surface area contributed by atoms with Crippen LogP contribution in [0.5, 0.6) is 5.75 Å². The maximum Gasteiger partial charge on any atom is 0.400 e. The highest BCUT2D eigenvalue weighted by atomic mass is 19.3. The van der Waals surface area contributed by atoms with Gasteiger partial charge in [0.2, 0.25) is 0 Å². The number of hydrogen-bond donors (Lipinski definition) is 0. The second kappa shape index (κ2) is 6.20. The minimum atomic E-state index is -3.52. The molecule has 0 radical (unpaired) electrons. The van der Waals surface area contributed by atoms with E-state index in [0.717, 1.165) is 6.42 Å². The molecule has 6 heteroatoms. The zero-order valence-electron chi connectivity index (χ0n) is 11.6. The number of hydrogen-bond acceptors (Lipinski definition) is 1. The number of rotatable bonds is 4. The molecule has 1 nitrogen and oxygen atoms in total. The summed E-state index contributed by atoms with van der Waals surface area (Å²) in [6.07, 6.45) is -0.587. The Kier molecular flexibility index (Phi) is 4.74. The Labute approximate surface area is 120 Å². The van der Waals surface area contributed by atoms with E-state index in [1.165, 1.54) is 0 Å². The molecule has 0 saturated heterocycles. The van der Waals surface area contributed by atoms with Crippen LogP contribution >= 0.6 is 0 Å². The third-order valence-electron chi connectivity index (χ3n) is 4.11. The molecule has 118 valence electrons. The Hall–Kier alpha value is -1.33. The fourth-order valence-corrected chi connectivity index (χ4v) is 2.74. The van der Waals surface area contributed by atoms with Crippen molar-refractivity contribution in [2.24, 2.45) is 11.8 Å². The van der Waals surface area contributed by atoms with Crippen molar-refractivity contribution in [2.75, 3.05) is 0 Å². The van der Waals surface area contributed by atoms with Crippen LogP contribution in [0.15, 0.2) is 12.1 Å². The van der Waals surface area contributed by atoms with Gasteiger partial charge in [-0.3, -0.25) is 0 Å². The summed E-state index contributed by atoms with van der Waals surface area (Å²) < 4.78 is 71.3. The first-order chi connectivity index (χ1) is 9.83. The van der Waals surface area contributed by atoms with Gasteiger partial charge in [0.25, 0.3) is 0 Å². The number of halogens is 5. The quantitative estimate of drug-likeness (QED) is 0.542. The average molecular weight is 308 g/mol. The van der Waals surface area contributed by atoms with E-state index in [1.807, 2.05) is 6.92 Å². The highest BCUT2D eigenvalue weighted by Gasteiger charge is 2.44. The van der Waals surface area contributed by atoms with Gasteiger partial charge in [0, 0.05) is 12.1 Å². The van der Waals surface area contributed by atoms with Gasteiger partial charge in [0.05, 0.1) is 5.92 Å². The highest BCUT2D eigenvalue weighted by Crippen LogP contribution is 2.41. The second-order valence-corrected chi connectivity index (χ2v) is 5.49. The molecule has 1 aromatic carbocycles. The van der Waals surface area contributed by atoms with E-state index in [1.54, 1.807) is 0 Å². The summed E-state index contributed by atoms with van der Waals surface area (Å²) in [6, 6.07) is 0.869. The first kappa shape index (κ1) is 16.0. The van der Waals surface area contributed by atoms with Gasteiger partial charge in [-0.15, -0.1) is 0 Å².